The summed E-state index contributed by atoms with van der Waals surface area (Å²) in [5.74, 6) is 0.532. The molecule has 1 aliphatic rings. The van der Waals surface area contributed by atoms with Crippen LogP contribution in [-0.4, -0.2) is 36.9 Å². The van der Waals surface area contributed by atoms with Gasteiger partial charge in [-0.2, -0.15) is 0 Å². The fourth-order valence-electron chi connectivity index (χ4n) is 2.59. The third-order valence-electron chi connectivity index (χ3n) is 3.88. The van der Waals surface area contributed by atoms with Gasteiger partial charge in [-0.05, 0) is 29.5 Å². The topological polar surface area (TPSA) is 70.7 Å². The molecule has 0 unspecified atom stereocenters. The smallest absolute Gasteiger partial charge is 0.248 e. The third kappa shape index (κ3) is 3.97. The van der Waals surface area contributed by atoms with Crippen molar-refractivity contribution in [2.24, 2.45) is 16.1 Å². The second-order valence-corrected chi connectivity index (χ2v) is 6.30. The van der Waals surface area contributed by atoms with E-state index in [4.69, 9.17) is 5.73 Å². The van der Waals surface area contributed by atoms with Crippen molar-refractivity contribution in [1.29, 1.82) is 0 Å². The molecule has 0 bridgehead atoms. The predicted octanol–water partition coefficient (Wildman–Crippen LogP) is 1.59. The number of nitrogens with one attached hydrogen (secondary N) is 1. The standard InChI is InChI=1S/C16H24N4O/c1-16(2)8-9-20(11-16)15(18-3)19-10-12-4-6-13(7-5-12)14(17)21/h4-7H,8-11H2,1-3H3,(H2,17,21)(H,18,19). The molecule has 0 spiro atoms. The van der Waals surface area contributed by atoms with Crippen molar-refractivity contribution in [3.63, 3.8) is 0 Å². The molecule has 114 valence electrons. The largest absolute Gasteiger partial charge is 0.366 e. The zero-order valence-corrected chi connectivity index (χ0v) is 13.0. The average Bonchev–Trinajstić information content (AvgIpc) is 2.80. The molecule has 1 aromatic rings. The van der Waals surface area contributed by atoms with E-state index in [2.05, 4.69) is 29.1 Å². The number of rotatable bonds is 3. The molecule has 5 heteroatoms. The van der Waals surface area contributed by atoms with E-state index in [0.717, 1.165) is 24.6 Å². The SMILES string of the molecule is CN=C(NCc1ccc(C(N)=O)cc1)N1CCC(C)(C)C1. The fourth-order valence-corrected chi connectivity index (χ4v) is 2.59. The minimum Gasteiger partial charge on any atom is -0.366 e. The second-order valence-electron chi connectivity index (χ2n) is 6.30. The van der Waals surface area contributed by atoms with Crippen LogP contribution in [0.5, 0.6) is 0 Å². The van der Waals surface area contributed by atoms with Gasteiger partial charge in [0.1, 0.15) is 0 Å². The van der Waals surface area contributed by atoms with Crippen LogP contribution < -0.4 is 11.1 Å². The first-order valence-corrected chi connectivity index (χ1v) is 7.26. The molecule has 1 saturated heterocycles. The Morgan fingerprint density at radius 2 is 2.05 bits per heavy atom. The third-order valence-corrected chi connectivity index (χ3v) is 3.88. The maximum atomic E-state index is 11.0. The molecular weight excluding hydrogens is 264 g/mol. The summed E-state index contributed by atoms with van der Waals surface area (Å²) in [4.78, 5) is 17.7. The summed E-state index contributed by atoms with van der Waals surface area (Å²) in [6, 6.07) is 7.32. The molecule has 0 saturated carbocycles. The molecule has 1 fully saturated rings. The Morgan fingerprint density at radius 1 is 1.38 bits per heavy atom. The Hall–Kier alpha value is -2.04. The van der Waals surface area contributed by atoms with Gasteiger partial charge in [-0.1, -0.05) is 26.0 Å². The van der Waals surface area contributed by atoms with Gasteiger partial charge in [0, 0.05) is 32.2 Å². The highest BCUT2D eigenvalue weighted by Gasteiger charge is 2.30. The minimum absolute atomic E-state index is 0.348. The van der Waals surface area contributed by atoms with E-state index in [1.165, 1.54) is 6.42 Å². The van der Waals surface area contributed by atoms with Crippen molar-refractivity contribution in [1.82, 2.24) is 10.2 Å². The fraction of sp³-hybridized carbons (Fsp3) is 0.500. The lowest BCUT2D eigenvalue weighted by Crippen LogP contribution is -2.40. The highest BCUT2D eigenvalue weighted by Crippen LogP contribution is 2.28. The number of amides is 1. The van der Waals surface area contributed by atoms with Crippen LogP contribution in [-0.2, 0) is 6.54 Å². The van der Waals surface area contributed by atoms with Crippen molar-refractivity contribution in [3.05, 3.63) is 35.4 Å². The van der Waals surface area contributed by atoms with Crippen LogP contribution in [0.25, 0.3) is 0 Å². The molecule has 1 aliphatic heterocycles. The predicted molar refractivity (Wildman–Crippen MR) is 85.1 cm³/mol. The highest BCUT2D eigenvalue weighted by atomic mass is 16.1. The van der Waals surface area contributed by atoms with Crippen molar-refractivity contribution in [2.75, 3.05) is 20.1 Å². The molecule has 1 aromatic carbocycles. The lowest BCUT2D eigenvalue weighted by atomic mass is 9.93. The van der Waals surface area contributed by atoms with Crippen LogP contribution in [0.3, 0.4) is 0 Å². The summed E-state index contributed by atoms with van der Waals surface area (Å²) in [5.41, 5.74) is 7.21. The van der Waals surface area contributed by atoms with Crippen LogP contribution in [0.1, 0.15) is 36.2 Å². The summed E-state index contributed by atoms with van der Waals surface area (Å²) in [6.07, 6.45) is 1.18. The summed E-state index contributed by atoms with van der Waals surface area (Å²) in [7, 11) is 1.81. The zero-order chi connectivity index (χ0) is 15.5. The van der Waals surface area contributed by atoms with Crippen LogP contribution >= 0.6 is 0 Å². The average molecular weight is 288 g/mol. The van der Waals surface area contributed by atoms with E-state index < -0.39 is 5.91 Å². The van der Waals surface area contributed by atoms with Gasteiger partial charge < -0.3 is 16.0 Å². The Balaban J connectivity index is 1.93. The van der Waals surface area contributed by atoms with Gasteiger partial charge in [-0.3, -0.25) is 9.79 Å². The summed E-state index contributed by atoms with van der Waals surface area (Å²) in [6.45, 7) is 7.30. The first-order chi connectivity index (χ1) is 9.91. The van der Waals surface area contributed by atoms with Crippen LogP contribution in [0, 0.1) is 5.41 Å². The molecule has 0 atom stereocenters. The number of benzene rings is 1. The van der Waals surface area contributed by atoms with Crippen molar-refractivity contribution in [3.8, 4) is 0 Å². The number of carbonyl (C=O) groups is 1. The number of aliphatic imine (C=N–C) groups is 1. The highest BCUT2D eigenvalue weighted by molar-refractivity contribution is 5.92. The van der Waals surface area contributed by atoms with E-state index >= 15 is 0 Å². The molecule has 0 aliphatic carbocycles. The van der Waals surface area contributed by atoms with Gasteiger partial charge in [0.25, 0.3) is 0 Å². The van der Waals surface area contributed by atoms with E-state index in [1.807, 2.05) is 19.2 Å². The Labute approximate surface area is 126 Å². The number of hydrogen-bond donors (Lipinski definition) is 2. The number of nitrogens with two attached hydrogens (primary N) is 1. The van der Waals surface area contributed by atoms with Gasteiger partial charge in [0.15, 0.2) is 5.96 Å². The monoisotopic (exact) mass is 288 g/mol. The Morgan fingerprint density at radius 3 is 2.52 bits per heavy atom. The number of carbonyl (C=O) groups excluding carboxylic acids is 1. The molecule has 0 radical (unpaired) electrons. The van der Waals surface area contributed by atoms with Gasteiger partial charge in [-0.25, -0.2) is 0 Å². The van der Waals surface area contributed by atoms with Crippen LogP contribution in [0.2, 0.25) is 0 Å². The molecular formula is C16H24N4O. The number of guanidine groups is 1. The number of likely N-dealkylation sites (tertiary alicyclic amines) is 1. The first kappa shape index (κ1) is 15.4. The van der Waals surface area contributed by atoms with Crippen LogP contribution in [0.15, 0.2) is 29.3 Å². The van der Waals surface area contributed by atoms with Gasteiger partial charge in [0.2, 0.25) is 5.91 Å². The molecule has 3 N–H and O–H groups in total. The molecule has 0 aromatic heterocycles. The number of primary amides is 1. The lowest BCUT2D eigenvalue weighted by molar-refractivity contribution is 0.100. The van der Waals surface area contributed by atoms with E-state index in [0.29, 0.717) is 17.5 Å². The number of hydrogen-bond acceptors (Lipinski definition) is 2. The Kier molecular flexibility index (Phi) is 4.50. The molecule has 1 amide bonds. The lowest BCUT2D eigenvalue weighted by Gasteiger charge is -2.23. The second kappa shape index (κ2) is 6.16. The van der Waals surface area contributed by atoms with E-state index in [9.17, 15) is 4.79 Å². The summed E-state index contributed by atoms with van der Waals surface area (Å²) < 4.78 is 0. The minimum atomic E-state index is -0.399. The summed E-state index contributed by atoms with van der Waals surface area (Å²) in [5, 5.41) is 3.37. The molecule has 1 heterocycles. The molecule has 5 nitrogen and oxygen atoms in total. The van der Waals surface area contributed by atoms with Crippen molar-refractivity contribution >= 4 is 11.9 Å². The Bertz CT molecular complexity index is 534. The zero-order valence-electron chi connectivity index (χ0n) is 13.0. The van der Waals surface area contributed by atoms with Crippen LogP contribution in [0.4, 0.5) is 0 Å². The number of nitrogens with zero attached hydrogens (tertiary/aromatic N) is 2. The molecule has 21 heavy (non-hydrogen) atoms. The van der Waals surface area contributed by atoms with Gasteiger partial charge in [0.05, 0.1) is 0 Å². The van der Waals surface area contributed by atoms with E-state index in [-0.39, 0.29) is 0 Å². The quantitative estimate of drug-likeness (QED) is 0.655. The van der Waals surface area contributed by atoms with Crippen molar-refractivity contribution in [2.45, 2.75) is 26.8 Å². The normalized spacial score (nSPS) is 17.9. The first-order valence-electron chi connectivity index (χ1n) is 7.26. The summed E-state index contributed by atoms with van der Waals surface area (Å²) >= 11 is 0. The molecule has 2 rings (SSSR count). The maximum Gasteiger partial charge on any atom is 0.248 e. The maximum absolute atomic E-state index is 11.0. The van der Waals surface area contributed by atoms with Gasteiger partial charge in [-0.15, -0.1) is 0 Å². The van der Waals surface area contributed by atoms with Crippen molar-refractivity contribution < 1.29 is 4.79 Å². The van der Waals surface area contributed by atoms with Gasteiger partial charge >= 0.3 is 0 Å². The van der Waals surface area contributed by atoms with E-state index in [1.54, 1.807) is 12.1 Å².